The quantitative estimate of drug-likeness (QED) is 0.885. The average molecular weight is 286 g/mol. The molecule has 1 fully saturated rings. The Labute approximate surface area is 125 Å². The van der Waals surface area contributed by atoms with Crippen LogP contribution in [0.4, 0.5) is 0 Å². The van der Waals surface area contributed by atoms with Gasteiger partial charge in [-0.3, -0.25) is 0 Å². The maximum absolute atomic E-state index is 5.54. The van der Waals surface area contributed by atoms with Crippen molar-refractivity contribution in [2.45, 2.75) is 32.4 Å². The van der Waals surface area contributed by atoms with Crippen molar-refractivity contribution in [1.82, 2.24) is 10.3 Å². The number of hydrogen-bond donors (Lipinski definition) is 1. The second kappa shape index (κ2) is 6.87. The molecule has 4 nitrogen and oxygen atoms in total. The van der Waals surface area contributed by atoms with E-state index in [0.29, 0.717) is 18.5 Å². The SMILES string of the molecule is Cc1cnc(CN[C@H](C[C@H]2CCOC2)c2ccccc2)o1. The molecule has 4 heteroatoms. The molecule has 0 unspecified atom stereocenters. The van der Waals surface area contributed by atoms with Crippen molar-refractivity contribution in [1.29, 1.82) is 0 Å². The number of benzene rings is 1. The summed E-state index contributed by atoms with van der Waals surface area (Å²) < 4.78 is 11.0. The van der Waals surface area contributed by atoms with E-state index < -0.39 is 0 Å². The van der Waals surface area contributed by atoms with Crippen LogP contribution in [0.1, 0.15) is 36.1 Å². The summed E-state index contributed by atoms with van der Waals surface area (Å²) in [5.74, 6) is 2.23. The van der Waals surface area contributed by atoms with Gasteiger partial charge in [0, 0.05) is 19.3 Å². The molecule has 112 valence electrons. The molecular formula is C17H22N2O2. The number of nitrogens with zero attached hydrogens (tertiary/aromatic N) is 1. The molecule has 3 rings (SSSR count). The monoisotopic (exact) mass is 286 g/mol. The van der Waals surface area contributed by atoms with Crippen LogP contribution in [-0.4, -0.2) is 18.2 Å². The maximum atomic E-state index is 5.54. The van der Waals surface area contributed by atoms with E-state index in [1.54, 1.807) is 6.20 Å². The predicted octanol–water partition coefficient (Wildman–Crippen LogP) is 3.24. The van der Waals surface area contributed by atoms with Gasteiger partial charge in [0.05, 0.1) is 12.7 Å². The van der Waals surface area contributed by atoms with Gasteiger partial charge in [0.25, 0.3) is 0 Å². The fourth-order valence-corrected chi connectivity index (χ4v) is 2.82. The second-order valence-corrected chi connectivity index (χ2v) is 5.67. The van der Waals surface area contributed by atoms with E-state index in [4.69, 9.17) is 9.15 Å². The van der Waals surface area contributed by atoms with E-state index in [9.17, 15) is 0 Å². The lowest BCUT2D eigenvalue weighted by atomic mass is 9.94. The van der Waals surface area contributed by atoms with Crippen LogP contribution in [-0.2, 0) is 11.3 Å². The minimum Gasteiger partial charge on any atom is -0.445 e. The normalized spacial score (nSPS) is 19.8. The van der Waals surface area contributed by atoms with Gasteiger partial charge in [-0.15, -0.1) is 0 Å². The van der Waals surface area contributed by atoms with Crippen molar-refractivity contribution < 1.29 is 9.15 Å². The molecule has 0 spiro atoms. The lowest BCUT2D eigenvalue weighted by Crippen LogP contribution is -2.24. The van der Waals surface area contributed by atoms with E-state index in [1.165, 1.54) is 5.56 Å². The zero-order valence-corrected chi connectivity index (χ0v) is 12.4. The summed E-state index contributed by atoms with van der Waals surface area (Å²) >= 11 is 0. The molecule has 2 atom stereocenters. The van der Waals surface area contributed by atoms with Crippen LogP contribution in [0.25, 0.3) is 0 Å². The smallest absolute Gasteiger partial charge is 0.208 e. The molecular weight excluding hydrogens is 264 g/mol. The van der Waals surface area contributed by atoms with Crippen LogP contribution in [0.2, 0.25) is 0 Å². The highest BCUT2D eigenvalue weighted by atomic mass is 16.5. The van der Waals surface area contributed by atoms with Crippen molar-refractivity contribution in [3.8, 4) is 0 Å². The first-order chi connectivity index (χ1) is 10.3. The molecule has 1 aliphatic rings. The largest absolute Gasteiger partial charge is 0.445 e. The molecule has 0 aliphatic carbocycles. The number of aryl methyl sites for hydroxylation is 1. The third-order valence-electron chi connectivity index (χ3n) is 3.96. The van der Waals surface area contributed by atoms with Gasteiger partial charge < -0.3 is 14.5 Å². The molecule has 1 aromatic carbocycles. The number of oxazole rings is 1. The van der Waals surface area contributed by atoms with Gasteiger partial charge in [-0.05, 0) is 31.2 Å². The molecule has 1 aliphatic heterocycles. The van der Waals surface area contributed by atoms with Crippen LogP contribution in [0.3, 0.4) is 0 Å². The summed E-state index contributed by atoms with van der Waals surface area (Å²) in [7, 11) is 0. The predicted molar refractivity (Wildman–Crippen MR) is 80.8 cm³/mol. The van der Waals surface area contributed by atoms with Gasteiger partial charge in [0.1, 0.15) is 5.76 Å². The minimum absolute atomic E-state index is 0.310. The topological polar surface area (TPSA) is 47.3 Å². The molecule has 1 saturated heterocycles. The zero-order valence-electron chi connectivity index (χ0n) is 12.4. The Balaban J connectivity index is 1.66. The standard InChI is InChI=1S/C17H22N2O2/c1-13-10-19-17(21-13)11-18-16(9-14-7-8-20-12-14)15-5-3-2-4-6-15/h2-6,10,14,16,18H,7-9,11-12H2,1H3/t14-,16-/m1/s1. The molecule has 2 heterocycles. The molecule has 0 amide bonds. The highest BCUT2D eigenvalue weighted by molar-refractivity contribution is 5.19. The van der Waals surface area contributed by atoms with Gasteiger partial charge >= 0.3 is 0 Å². The third-order valence-corrected chi connectivity index (χ3v) is 3.96. The summed E-state index contributed by atoms with van der Waals surface area (Å²) in [4.78, 5) is 4.26. The Hall–Kier alpha value is -1.65. The first-order valence-corrected chi connectivity index (χ1v) is 7.58. The molecule has 2 aromatic rings. The third kappa shape index (κ3) is 3.93. The fourth-order valence-electron chi connectivity index (χ4n) is 2.82. The average Bonchev–Trinajstić information content (AvgIpc) is 3.16. The van der Waals surface area contributed by atoms with Crippen LogP contribution in [0, 0.1) is 12.8 Å². The zero-order chi connectivity index (χ0) is 14.5. The lowest BCUT2D eigenvalue weighted by molar-refractivity contribution is 0.181. The van der Waals surface area contributed by atoms with Crippen molar-refractivity contribution >= 4 is 0 Å². The fraction of sp³-hybridized carbons (Fsp3) is 0.471. The number of ether oxygens (including phenoxy) is 1. The molecule has 0 radical (unpaired) electrons. The van der Waals surface area contributed by atoms with Crippen molar-refractivity contribution in [2.24, 2.45) is 5.92 Å². The van der Waals surface area contributed by atoms with Gasteiger partial charge in [0.15, 0.2) is 0 Å². The summed E-state index contributed by atoms with van der Waals surface area (Å²) in [6.45, 7) is 4.34. The lowest BCUT2D eigenvalue weighted by Gasteiger charge is -2.21. The van der Waals surface area contributed by atoms with E-state index in [2.05, 4.69) is 40.6 Å². The first kappa shape index (κ1) is 14.3. The van der Waals surface area contributed by atoms with E-state index in [1.807, 2.05) is 6.92 Å². The minimum atomic E-state index is 0.310. The van der Waals surface area contributed by atoms with Crippen molar-refractivity contribution in [3.05, 3.63) is 53.7 Å². The van der Waals surface area contributed by atoms with Crippen molar-refractivity contribution in [2.75, 3.05) is 13.2 Å². The van der Waals surface area contributed by atoms with E-state index >= 15 is 0 Å². The van der Waals surface area contributed by atoms with Gasteiger partial charge in [-0.25, -0.2) is 4.98 Å². The Bertz CT molecular complexity index is 547. The van der Waals surface area contributed by atoms with Gasteiger partial charge in [-0.1, -0.05) is 30.3 Å². The summed E-state index contributed by atoms with van der Waals surface area (Å²) in [5, 5.41) is 3.58. The Morgan fingerprint density at radius 3 is 2.86 bits per heavy atom. The highest BCUT2D eigenvalue weighted by Crippen LogP contribution is 2.26. The summed E-state index contributed by atoms with van der Waals surface area (Å²) in [6, 6.07) is 10.9. The van der Waals surface area contributed by atoms with E-state index in [0.717, 1.165) is 37.7 Å². The van der Waals surface area contributed by atoms with E-state index in [-0.39, 0.29) is 0 Å². The molecule has 0 bridgehead atoms. The van der Waals surface area contributed by atoms with Crippen molar-refractivity contribution in [3.63, 3.8) is 0 Å². The van der Waals surface area contributed by atoms with Gasteiger partial charge in [0.2, 0.25) is 5.89 Å². The Kier molecular flexibility index (Phi) is 4.68. The number of hydrogen-bond acceptors (Lipinski definition) is 4. The summed E-state index contributed by atoms with van der Waals surface area (Å²) in [6.07, 6.45) is 4.01. The summed E-state index contributed by atoms with van der Waals surface area (Å²) in [5.41, 5.74) is 1.31. The highest BCUT2D eigenvalue weighted by Gasteiger charge is 2.22. The molecule has 1 aromatic heterocycles. The Morgan fingerprint density at radius 2 is 2.19 bits per heavy atom. The number of rotatable bonds is 6. The van der Waals surface area contributed by atoms with Crippen LogP contribution < -0.4 is 5.32 Å². The van der Waals surface area contributed by atoms with Gasteiger partial charge in [-0.2, -0.15) is 0 Å². The maximum Gasteiger partial charge on any atom is 0.208 e. The Morgan fingerprint density at radius 1 is 1.33 bits per heavy atom. The molecule has 0 saturated carbocycles. The number of aromatic nitrogens is 1. The van der Waals surface area contributed by atoms with Crippen LogP contribution in [0.15, 0.2) is 40.9 Å². The number of nitrogens with one attached hydrogen (secondary N) is 1. The van der Waals surface area contributed by atoms with Crippen LogP contribution >= 0.6 is 0 Å². The molecule has 21 heavy (non-hydrogen) atoms. The second-order valence-electron chi connectivity index (χ2n) is 5.67. The molecule has 1 N–H and O–H groups in total. The van der Waals surface area contributed by atoms with Crippen LogP contribution in [0.5, 0.6) is 0 Å². The first-order valence-electron chi connectivity index (χ1n) is 7.58.